The molecule has 9 heteroatoms. The van der Waals surface area contributed by atoms with Crippen LogP contribution in [0.5, 0.6) is 5.75 Å². The first-order valence-corrected chi connectivity index (χ1v) is 7.73. The van der Waals surface area contributed by atoms with Gasteiger partial charge in [-0.05, 0) is 28.9 Å². The van der Waals surface area contributed by atoms with Crippen molar-refractivity contribution in [1.29, 1.82) is 0 Å². The highest BCUT2D eigenvalue weighted by Gasteiger charge is 2.37. The third-order valence-corrected chi connectivity index (χ3v) is 4.24. The summed E-state index contributed by atoms with van der Waals surface area (Å²) in [5, 5.41) is 0. The number of hydrogen-bond donors (Lipinski definition) is 0. The molecule has 0 saturated carbocycles. The van der Waals surface area contributed by atoms with Gasteiger partial charge in [0.1, 0.15) is 24.5 Å². The molecular formula is C15H15BrFNO6. The summed E-state index contributed by atoms with van der Waals surface area (Å²) >= 11 is 3.05. The standard InChI is InChI=1S/C15H15BrFNO6/c1-7-6-24-14-12(16)9(17)4-8(15(21)23-3)13(14)18(7)10(19)5-11(20)22-2/h4,7H,5-6H2,1-3H3/t7-/m0/s1. The molecule has 7 nitrogen and oxygen atoms in total. The highest BCUT2D eigenvalue weighted by molar-refractivity contribution is 9.10. The molecule has 0 spiro atoms. The molecule has 0 bridgehead atoms. The maximum absolute atomic E-state index is 14.0. The van der Waals surface area contributed by atoms with E-state index in [1.807, 2.05) is 0 Å². The van der Waals surface area contributed by atoms with Crippen molar-refractivity contribution < 1.29 is 33.0 Å². The second kappa shape index (κ2) is 7.16. The summed E-state index contributed by atoms with van der Waals surface area (Å²) in [7, 11) is 2.31. The molecule has 0 unspecified atom stereocenters. The first-order chi connectivity index (χ1) is 11.3. The van der Waals surface area contributed by atoms with Gasteiger partial charge in [0.15, 0.2) is 5.75 Å². The van der Waals surface area contributed by atoms with Gasteiger partial charge in [-0.3, -0.25) is 9.59 Å². The predicted octanol–water partition coefficient (Wildman–Crippen LogP) is 2.05. The first kappa shape index (κ1) is 18.2. The highest BCUT2D eigenvalue weighted by atomic mass is 79.9. The summed E-state index contributed by atoms with van der Waals surface area (Å²) in [4.78, 5) is 37.2. The highest BCUT2D eigenvalue weighted by Crippen LogP contribution is 2.44. The lowest BCUT2D eigenvalue weighted by Gasteiger charge is -2.36. The van der Waals surface area contributed by atoms with Gasteiger partial charge >= 0.3 is 11.9 Å². The number of hydrogen-bond acceptors (Lipinski definition) is 6. The molecule has 0 fully saturated rings. The number of carbonyl (C=O) groups is 3. The molecule has 2 rings (SSSR count). The summed E-state index contributed by atoms with van der Waals surface area (Å²) in [6.45, 7) is 1.75. The molecule has 0 radical (unpaired) electrons. The van der Waals surface area contributed by atoms with Crippen LogP contribution in [-0.2, 0) is 19.1 Å². The maximum Gasteiger partial charge on any atom is 0.340 e. The van der Waals surface area contributed by atoms with Gasteiger partial charge in [0.2, 0.25) is 5.91 Å². The normalized spacial score (nSPS) is 16.0. The summed E-state index contributed by atoms with van der Waals surface area (Å²) in [5.41, 5.74) is -0.110. The number of anilines is 1. The van der Waals surface area contributed by atoms with Crippen LogP contribution in [0.4, 0.5) is 10.1 Å². The Bertz CT molecular complexity index is 708. The Morgan fingerprint density at radius 3 is 2.62 bits per heavy atom. The SMILES string of the molecule is COC(=O)CC(=O)N1c2c(C(=O)OC)cc(F)c(Br)c2OC[C@@H]1C. The maximum atomic E-state index is 14.0. The van der Waals surface area contributed by atoms with E-state index < -0.39 is 36.1 Å². The number of benzene rings is 1. The van der Waals surface area contributed by atoms with E-state index in [0.29, 0.717) is 0 Å². The number of methoxy groups -OCH3 is 2. The van der Waals surface area contributed by atoms with Crippen LogP contribution in [0, 0.1) is 5.82 Å². The number of amides is 1. The minimum Gasteiger partial charge on any atom is -0.488 e. The van der Waals surface area contributed by atoms with Gasteiger partial charge in [-0.2, -0.15) is 0 Å². The molecule has 130 valence electrons. The van der Waals surface area contributed by atoms with Crippen LogP contribution in [0.25, 0.3) is 0 Å². The average Bonchev–Trinajstić information content (AvgIpc) is 2.56. The monoisotopic (exact) mass is 403 g/mol. The van der Waals surface area contributed by atoms with Gasteiger partial charge in [-0.25, -0.2) is 9.18 Å². The Balaban J connectivity index is 2.62. The fourth-order valence-corrected chi connectivity index (χ4v) is 2.80. The number of carbonyl (C=O) groups excluding carboxylic acids is 3. The van der Waals surface area contributed by atoms with Crippen molar-refractivity contribution in [2.75, 3.05) is 25.7 Å². The van der Waals surface area contributed by atoms with Crippen molar-refractivity contribution in [2.45, 2.75) is 19.4 Å². The molecule has 0 aliphatic carbocycles. The van der Waals surface area contributed by atoms with Gasteiger partial charge in [0.25, 0.3) is 0 Å². The Morgan fingerprint density at radius 1 is 1.38 bits per heavy atom. The van der Waals surface area contributed by atoms with E-state index in [4.69, 9.17) is 4.74 Å². The van der Waals surface area contributed by atoms with Crippen LogP contribution in [-0.4, -0.2) is 44.7 Å². The van der Waals surface area contributed by atoms with Crippen LogP contribution < -0.4 is 9.64 Å². The summed E-state index contributed by atoms with van der Waals surface area (Å²) in [5.74, 6) is -2.87. The van der Waals surface area contributed by atoms with Gasteiger partial charge in [0.05, 0.1) is 30.3 Å². The third-order valence-electron chi connectivity index (χ3n) is 3.50. The van der Waals surface area contributed by atoms with Gasteiger partial charge in [-0.1, -0.05) is 0 Å². The second-order valence-electron chi connectivity index (χ2n) is 5.07. The van der Waals surface area contributed by atoms with Gasteiger partial charge < -0.3 is 19.1 Å². The van der Waals surface area contributed by atoms with E-state index in [2.05, 4.69) is 25.4 Å². The van der Waals surface area contributed by atoms with E-state index in [0.717, 1.165) is 20.3 Å². The fraction of sp³-hybridized carbons (Fsp3) is 0.400. The topological polar surface area (TPSA) is 82.1 Å². The quantitative estimate of drug-likeness (QED) is 0.567. The van der Waals surface area contributed by atoms with Crippen molar-refractivity contribution in [3.63, 3.8) is 0 Å². The minimum absolute atomic E-state index is 0.00622. The van der Waals surface area contributed by atoms with Crippen molar-refractivity contribution in [3.05, 3.63) is 21.9 Å². The van der Waals surface area contributed by atoms with Crippen LogP contribution >= 0.6 is 15.9 Å². The molecule has 1 atom stereocenters. The Hall–Kier alpha value is -2.16. The molecule has 1 aliphatic heterocycles. The molecule has 1 amide bonds. The second-order valence-corrected chi connectivity index (χ2v) is 5.86. The van der Waals surface area contributed by atoms with Crippen LogP contribution in [0.2, 0.25) is 0 Å². The molecule has 0 aromatic heterocycles. The molecule has 1 aliphatic rings. The van der Waals surface area contributed by atoms with Crippen LogP contribution in [0.1, 0.15) is 23.7 Å². The van der Waals surface area contributed by atoms with Crippen LogP contribution in [0.3, 0.4) is 0 Å². The zero-order valence-electron chi connectivity index (χ0n) is 13.2. The molecule has 0 N–H and O–H groups in total. The molecule has 24 heavy (non-hydrogen) atoms. The Morgan fingerprint density at radius 2 is 2.04 bits per heavy atom. The Labute approximate surface area is 145 Å². The van der Waals surface area contributed by atoms with Gasteiger partial charge in [0, 0.05) is 0 Å². The summed E-state index contributed by atoms with van der Waals surface area (Å²) in [6.07, 6.45) is -0.518. The molecule has 0 saturated heterocycles. The Kier molecular flexibility index (Phi) is 5.43. The van der Waals surface area contributed by atoms with E-state index in [9.17, 15) is 18.8 Å². The summed E-state index contributed by atoms with van der Waals surface area (Å²) < 4.78 is 28.7. The molecule has 1 aromatic rings. The molecular weight excluding hydrogens is 389 g/mol. The average molecular weight is 404 g/mol. The lowest BCUT2D eigenvalue weighted by Crippen LogP contribution is -2.46. The van der Waals surface area contributed by atoms with E-state index in [-0.39, 0.29) is 28.1 Å². The number of nitrogens with zero attached hydrogens (tertiary/aromatic N) is 1. The smallest absolute Gasteiger partial charge is 0.340 e. The largest absolute Gasteiger partial charge is 0.488 e. The minimum atomic E-state index is -0.828. The predicted molar refractivity (Wildman–Crippen MR) is 84.5 cm³/mol. The van der Waals surface area contributed by atoms with Crippen molar-refractivity contribution in [3.8, 4) is 5.75 Å². The number of halogens is 2. The molecule has 1 aromatic carbocycles. The van der Waals surface area contributed by atoms with E-state index >= 15 is 0 Å². The molecule has 1 heterocycles. The fourth-order valence-electron chi connectivity index (χ4n) is 2.38. The first-order valence-electron chi connectivity index (χ1n) is 6.93. The van der Waals surface area contributed by atoms with Gasteiger partial charge in [-0.15, -0.1) is 0 Å². The lowest BCUT2D eigenvalue weighted by atomic mass is 10.1. The summed E-state index contributed by atoms with van der Waals surface area (Å²) in [6, 6.07) is 0.476. The number of fused-ring (bicyclic) bond motifs is 1. The lowest BCUT2D eigenvalue weighted by molar-refractivity contribution is -0.143. The van der Waals surface area contributed by atoms with E-state index in [1.54, 1.807) is 6.92 Å². The zero-order chi connectivity index (χ0) is 18.0. The van der Waals surface area contributed by atoms with Crippen molar-refractivity contribution >= 4 is 39.5 Å². The van der Waals surface area contributed by atoms with Crippen molar-refractivity contribution in [1.82, 2.24) is 0 Å². The van der Waals surface area contributed by atoms with Crippen molar-refractivity contribution in [2.24, 2.45) is 0 Å². The van der Waals surface area contributed by atoms with E-state index in [1.165, 1.54) is 4.90 Å². The van der Waals surface area contributed by atoms with Crippen LogP contribution in [0.15, 0.2) is 10.5 Å². The number of rotatable bonds is 3. The number of esters is 2. The zero-order valence-corrected chi connectivity index (χ0v) is 14.8. The third kappa shape index (κ3) is 3.21. The number of ether oxygens (including phenoxy) is 3.